The van der Waals surface area contributed by atoms with Gasteiger partial charge in [0, 0.05) is 17.8 Å². The summed E-state index contributed by atoms with van der Waals surface area (Å²) in [5, 5.41) is 23.9. The zero-order valence-electron chi connectivity index (χ0n) is 12.0. The Labute approximate surface area is 123 Å². The number of aliphatic hydroxyl groups is 1. The summed E-state index contributed by atoms with van der Waals surface area (Å²) in [7, 11) is 0. The number of nitro groups is 1. The van der Waals surface area contributed by atoms with Crippen molar-refractivity contribution in [2.45, 2.75) is 19.4 Å². The van der Waals surface area contributed by atoms with Gasteiger partial charge in [-0.25, -0.2) is 0 Å². The molecule has 0 bridgehead atoms. The molecular formula is C16H18N2O3. The predicted octanol–water partition coefficient (Wildman–Crippen LogP) is 3.22. The fraction of sp³-hybridized carbons (Fsp3) is 0.250. The number of anilines is 1. The minimum absolute atomic E-state index is 0.0245. The van der Waals surface area contributed by atoms with Crippen molar-refractivity contribution in [2.75, 3.05) is 11.9 Å². The standard InChI is InChI=1S/C16H18N2O3/c1-12-8-9-14(18(20)21)10-15(12)17-16(2,11-19)13-6-4-3-5-7-13/h3-10,17,19H,11H2,1-2H3. The molecule has 0 aliphatic rings. The van der Waals surface area contributed by atoms with Gasteiger partial charge in [0.2, 0.25) is 0 Å². The number of hydrogen-bond acceptors (Lipinski definition) is 4. The molecule has 0 fully saturated rings. The van der Waals surface area contributed by atoms with Crippen molar-refractivity contribution in [1.82, 2.24) is 0 Å². The third-order valence-corrected chi connectivity index (χ3v) is 3.57. The van der Waals surface area contributed by atoms with Crippen LogP contribution in [0.4, 0.5) is 11.4 Å². The van der Waals surface area contributed by atoms with E-state index in [1.807, 2.05) is 44.2 Å². The van der Waals surface area contributed by atoms with Crippen LogP contribution in [0.15, 0.2) is 48.5 Å². The monoisotopic (exact) mass is 286 g/mol. The number of hydrogen-bond donors (Lipinski definition) is 2. The van der Waals surface area contributed by atoms with Crippen molar-refractivity contribution in [2.24, 2.45) is 0 Å². The van der Waals surface area contributed by atoms with Gasteiger partial charge < -0.3 is 10.4 Å². The highest BCUT2D eigenvalue weighted by molar-refractivity contribution is 5.59. The van der Waals surface area contributed by atoms with Crippen LogP contribution in [0.1, 0.15) is 18.1 Å². The van der Waals surface area contributed by atoms with Gasteiger partial charge in [-0.15, -0.1) is 0 Å². The quantitative estimate of drug-likeness (QED) is 0.653. The first-order chi connectivity index (χ1) is 9.96. The maximum atomic E-state index is 10.9. The van der Waals surface area contributed by atoms with Crippen LogP contribution in [0, 0.1) is 17.0 Å². The predicted molar refractivity (Wildman–Crippen MR) is 82.3 cm³/mol. The van der Waals surface area contributed by atoms with E-state index < -0.39 is 10.5 Å². The van der Waals surface area contributed by atoms with Gasteiger partial charge in [0.05, 0.1) is 17.1 Å². The first-order valence-electron chi connectivity index (χ1n) is 6.66. The second-order valence-corrected chi connectivity index (χ2v) is 5.24. The van der Waals surface area contributed by atoms with E-state index in [1.165, 1.54) is 12.1 Å². The molecular weight excluding hydrogens is 268 g/mol. The van der Waals surface area contributed by atoms with Crippen molar-refractivity contribution >= 4 is 11.4 Å². The number of rotatable bonds is 5. The molecule has 0 aliphatic heterocycles. The van der Waals surface area contributed by atoms with E-state index in [2.05, 4.69) is 5.32 Å². The zero-order valence-corrected chi connectivity index (χ0v) is 12.0. The molecule has 2 rings (SSSR count). The van der Waals surface area contributed by atoms with Crippen LogP contribution in [0.3, 0.4) is 0 Å². The summed E-state index contributed by atoms with van der Waals surface area (Å²) in [5.74, 6) is 0. The Kier molecular flexibility index (Phi) is 4.23. The normalized spacial score (nSPS) is 13.5. The Morgan fingerprint density at radius 1 is 1.24 bits per heavy atom. The van der Waals surface area contributed by atoms with Gasteiger partial charge in [0.15, 0.2) is 0 Å². The molecule has 2 aromatic rings. The SMILES string of the molecule is Cc1ccc([N+](=O)[O-])cc1NC(C)(CO)c1ccccc1. The zero-order chi connectivity index (χ0) is 15.5. The van der Waals surface area contributed by atoms with Crippen LogP contribution in [0.5, 0.6) is 0 Å². The molecule has 0 amide bonds. The van der Waals surface area contributed by atoms with Crippen molar-refractivity contribution in [3.05, 3.63) is 69.8 Å². The third-order valence-electron chi connectivity index (χ3n) is 3.57. The van der Waals surface area contributed by atoms with Crippen LogP contribution < -0.4 is 5.32 Å². The molecule has 0 spiro atoms. The minimum Gasteiger partial charge on any atom is -0.394 e. The maximum Gasteiger partial charge on any atom is 0.271 e. The largest absolute Gasteiger partial charge is 0.394 e. The Bertz CT molecular complexity index is 643. The topological polar surface area (TPSA) is 75.4 Å². The lowest BCUT2D eigenvalue weighted by molar-refractivity contribution is -0.384. The number of nitrogens with zero attached hydrogens (tertiary/aromatic N) is 1. The average molecular weight is 286 g/mol. The van der Waals surface area contributed by atoms with Gasteiger partial charge in [0.1, 0.15) is 0 Å². The molecule has 0 heterocycles. The molecule has 1 unspecified atom stereocenters. The smallest absolute Gasteiger partial charge is 0.271 e. The highest BCUT2D eigenvalue weighted by Crippen LogP contribution is 2.29. The molecule has 1 atom stereocenters. The Balaban J connectivity index is 2.39. The number of aliphatic hydroxyl groups excluding tert-OH is 1. The first-order valence-corrected chi connectivity index (χ1v) is 6.66. The lowest BCUT2D eigenvalue weighted by Crippen LogP contribution is -2.36. The molecule has 0 radical (unpaired) electrons. The summed E-state index contributed by atoms with van der Waals surface area (Å²) < 4.78 is 0. The van der Waals surface area contributed by atoms with Gasteiger partial charge in [-0.2, -0.15) is 0 Å². The van der Waals surface area contributed by atoms with Crippen LogP contribution in [-0.2, 0) is 5.54 Å². The van der Waals surface area contributed by atoms with Crippen LogP contribution in [0.2, 0.25) is 0 Å². The Hall–Kier alpha value is -2.40. The second kappa shape index (κ2) is 5.93. The van der Waals surface area contributed by atoms with E-state index in [-0.39, 0.29) is 12.3 Å². The van der Waals surface area contributed by atoms with Crippen molar-refractivity contribution in [3.63, 3.8) is 0 Å². The van der Waals surface area contributed by atoms with E-state index >= 15 is 0 Å². The summed E-state index contributed by atoms with van der Waals surface area (Å²) in [5.41, 5.74) is 1.76. The van der Waals surface area contributed by atoms with Crippen molar-refractivity contribution in [1.29, 1.82) is 0 Å². The molecule has 0 aromatic heterocycles. The first kappa shape index (κ1) is 15.0. The number of non-ortho nitro benzene ring substituents is 1. The van der Waals surface area contributed by atoms with E-state index in [0.717, 1.165) is 11.1 Å². The highest BCUT2D eigenvalue weighted by atomic mass is 16.6. The van der Waals surface area contributed by atoms with Gasteiger partial charge in [-0.1, -0.05) is 36.4 Å². The van der Waals surface area contributed by atoms with E-state index in [0.29, 0.717) is 5.69 Å². The van der Waals surface area contributed by atoms with Crippen molar-refractivity contribution in [3.8, 4) is 0 Å². The number of aryl methyl sites for hydroxylation is 1. The summed E-state index contributed by atoms with van der Waals surface area (Å²) in [6, 6.07) is 14.2. The molecule has 5 heteroatoms. The molecule has 5 nitrogen and oxygen atoms in total. The van der Waals surface area contributed by atoms with Gasteiger partial charge in [-0.05, 0) is 25.0 Å². The van der Waals surface area contributed by atoms with E-state index in [4.69, 9.17) is 0 Å². The second-order valence-electron chi connectivity index (χ2n) is 5.24. The Morgan fingerprint density at radius 3 is 2.48 bits per heavy atom. The summed E-state index contributed by atoms with van der Waals surface area (Å²) >= 11 is 0. The molecule has 2 N–H and O–H groups in total. The van der Waals surface area contributed by atoms with Gasteiger partial charge in [-0.3, -0.25) is 10.1 Å². The van der Waals surface area contributed by atoms with Gasteiger partial charge >= 0.3 is 0 Å². The van der Waals surface area contributed by atoms with E-state index in [9.17, 15) is 15.2 Å². The summed E-state index contributed by atoms with van der Waals surface area (Å²) in [6.45, 7) is 3.61. The minimum atomic E-state index is -0.707. The van der Waals surface area contributed by atoms with Gasteiger partial charge in [0.25, 0.3) is 5.69 Å². The molecule has 21 heavy (non-hydrogen) atoms. The number of benzene rings is 2. The molecule has 0 aliphatic carbocycles. The molecule has 0 saturated carbocycles. The number of nitro benzene ring substituents is 1. The summed E-state index contributed by atoms with van der Waals surface area (Å²) in [4.78, 5) is 10.5. The Morgan fingerprint density at radius 2 is 1.90 bits per heavy atom. The van der Waals surface area contributed by atoms with Crippen LogP contribution in [0.25, 0.3) is 0 Å². The third kappa shape index (κ3) is 3.20. The van der Waals surface area contributed by atoms with Crippen molar-refractivity contribution < 1.29 is 10.0 Å². The highest BCUT2D eigenvalue weighted by Gasteiger charge is 2.26. The number of nitrogens with one attached hydrogen (secondary N) is 1. The maximum absolute atomic E-state index is 10.9. The summed E-state index contributed by atoms with van der Waals surface area (Å²) in [6.07, 6.45) is 0. The lowest BCUT2D eigenvalue weighted by atomic mass is 9.92. The van der Waals surface area contributed by atoms with Crippen LogP contribution >= 0.6 is 0 Å². The van der Waals surface area contributed by atoms with Crippen LogP contribution in [-0.4, -0.2) is 16.6 Å². The van der Waals surface area contributed by atoms with E-state index in [1.54, 1.807) is 6.07 Å². The fourth-order valence-corrected chi connectivity index (χ4v) is 2.16. The molecule has 110 valence electrons. The molecule has 0 saturated heterocycles. The molecule has 2 aromatic carbocycles. The average Bonchev–Trinajstić information content (AvgIpc) is 2.50. The fourth-order valence-electron chi connectivity index (χ4n) is 2.16. The lowest BCUT2D eigenvalue weighted by Gasteiger charge is -2.31.